The van der Waals surface area contributed by atoms with Crippen LogP contribution in [0.2, 0.25) is 0 Å². The van der Waals surface area contributed by atoms with Gasteiger partial charge in [-0.15, -0.1) is 11.3 Å². The Labute approximate surface area is 196 Å². The highest BCUT2D eigenvalue weighted by Gasteiger charge is 2.31. The van der Waals surface area contributed by atoms with Gasteiger partial charge >= 0.3 is 0 Å². The fourth-order valence-electron chi connectivity index (χ4n) is 4.08. The summed E-state index contributed by atoms with van der Waals surface area (Å²) < 4.78 is 29.2. The Hall–Kier alpha value is -3.08. The molecule has 1 aliphatic heterocycles. The highest BCUT2D eigenvalue weighted by molar-refractivity contribution is 7.91. The fourth-order valence-corrected chi connectivity index (χ4v) is 6.65. The first-order valence-corrected chi connectivity index (χ1v) is 12.9. The van der Waals surface area contributed by atoms with Gasteiger partial charge in [0.25, 0.3) is 15.9 Å². The maximum absolute atomic E-state index is 13.6. The van der Waals surface area contributed by atoms with Crippen LogP contribution in [0.4, 0.5) is 0 Å². The number of hydrogen-bond donors (Lipinski definition) is 0. The Morgan fingerprint density at radius 1 is 1.06 bits per heavy atom. The Morgan fingerprint density at radius 3 is 2.48 bits per heavy atom. The molecule has 0 saturated carbocycles. The van der Waals surface area contributed by atoms with Crippen LogP contribution in [0, 0.1) is 6.92 Å². The second-order valence-electron chi connectivity index (χ2n) is 7.97. The number of amides is 1. The average Bonchev–Trinajstić information content (AvgIpc) is 3.49. The predicted molar refractivity (Wildman–Crippen MR) is 128 cm³/mol. The topological polar surface area (TPSA) is 88.4 Å². The van der Waals surface area contributed by atoms with Gasteiger partial charge in [0.1, 0.15) is 4.21 Å². The molecule has 1 fully saturated rings. The molecule has 1 saturated heterocycles. The molecular formula is C23H23N5O3S2. The molecular weight excluding hydrogens is 458 g/mol. The van der Waals surface area contributed by atoms with Crippen molar-refractivity contribution in [2.75, 3.05) is 26.2 Å². The summed E-state index contributed by atoms with van der Waals surface area (Å²) in [6.45, 7) is 3.17. The van der Waals surface area contributed by atoms with E-state index in [0.29, 0.717) is 28.6 Å². The standard InChI is InChI=1S/C23H23N5O3S2/c1-16-19(15-24-26(16)2)21-14-18(17-6-3-4-7-20(17)25-21)23(29)27-9-11-28(12-10-27)33(30,31)22-8-5-13-32-22/h3-8,13-15H,9-12H2,1-2H3. The molecule has 0 spiro atoms. The maximum atomic E-state index is 13.6. The van der Waals surface area contributed by atoms with Crippen molar-refractivity contribution in [1.29, 1.82) is 0 Å². The van der Waals surface area contributed by atoms with E-state index in [4.69, 9.17) is 4.98 Å². The van der Waals surface area contributed by atoms with E-state index in [-0.39, 0.29) is 19.0 Å². The van der Waals surface area contributed by atoms with Crippen molar-refractivity contribution in [1.82, 2.24) is 24.0 Å². The van der Waals surface area contributed by atoms with Crippen molar-refractivity contribution in [3.05, 3.63) is 65.3 Å². The molecule has 0 atom stereocenters. The number of nitrogens with zero attached hydrogens (tertiary/aromatic N) is 5. The van der Waals surface area contributed by atoms with Gasteiger partial charge < -0.3 is 4.90 Å². The number of hydrogen-bond acceptors (Lipinski definition) is 6. The highest BCUT2D eigenvalue weighted by Crippen LogP contribution is 2.28. The van der Waals surface area contributed by atoms with E-state index in [1.165, 1.54) is 15.6 Å². The smallest absolute Gasteiger partial charge is 0.254 e. The predicted octanol–water partition coefficient (Wildman–Crippen LogP) is 3.15. The van der Waals surface area contributed by atoms with Crippen molar-refractivity contribution < 1.29 is 13.2 Å². The van der Waals surface area contributed by atoms with Crippen LogP contribution >= 0.6 is 11.3 Å². The first kappa shape index (κ1) is 21.7. The summed E-state index contributed by atoms with van der Waals surface area (Å²) in [5.41, 5.74) is 3.84. The molecule has 170 valence electrons. The van der Waals surface area contributed by atoms with Gasteiger partial charge in [-0.25, -0.2) is 13.4 Å². The van der Waals surface area contributed by atoms with Crippen LogP contribution in [0.1, 0.15) is 16.1 Å². The van der Waals surface area contributed by atoms with E-state index in [1.807, 2.05) is 44.3 Å². The first-order chi connectivity index (χ1) is 15.9. The van der Waals surface area contributed by atoms with Crippen LogP contribution in [0.3, 0.4) is 0 Å². The number of carbonyl (C=O) groups is 1. The van der Waals surface area contributed by atoms with Gasteiger partial charge in [-0.05, 0) is 30.5 Å². The molecule has 1 aliphatic rings. The van der Waals surface area contributed by atoms with Gasteiger partial charge in [0.15, 0.2) is 0 Å². The summed E-state index contributed by atoms with van der Waals surface area (Å²) in [4.78, 5) is 20.1. The van der Waals surface area contributed by atoms with Crippen molar-refractivity contribution >= 4 is 38.2 Å². The molecule has 4 aromatic rings. The summed E-state index contributed by atoms with van der Waals surface area (Å²) in [5, 5.41) is 6.84. The molecule has 10 heteroatoms. The van der Waals surface area contributed by atoms with Crippen molar-refractivity contribution in [3.63, 3.8) is 0 Å². The van der Waals surface area contributed by atoms with Crippen LogP contribution in [-0.4, -0.2) is 64.5 Å². The van der Waals surface area contributed by atoms with Crippen LogP contribution < -0.4 is 0 Å². The van der Waals surface area contributed by atoms with Crippen LogP contribution in [0.5, 0.6) is 0 Å². The van der Waals surface area contributed by atoms with Crippen molar-refractivity contribution in [3.8, 4) is 11.3 Å². The Kier molecular flexibility index (Phi) is 5.51. The fraction of sp³-hybridized carbons (Fsp3) is 0.261. The molecule has 5 rings (SSSR count). The lowest BCUT2D eigenvalue weighted by atomic mass is 10.0. The number of rotatable bonds is 4. The normalized spacial score (nSPS) is 15.3. The molecule has 1 aromatic carbocycles. The third-order valence-corrected chi connectivity index (χ3v) is 9.34. The van der Waals surface area contributed by atoms with Crippen molar-refractivity contribution in [2.45, 2.75) is 11.1 Å². The number of sulfonamides is 1. The zero-order valence-electron chi connectivity index (χ0n) is 18.3. The molecule has 0 radical (unpaired) electrons. The lowest BCUT2D eigenvalue weighted by molar-refractivity contribution is 0.0700. The monoisotopic (exact) mass is 481 g/mol. The summed E-state index contributed by atoms with van der Waals surface area (Å²) in [6, 6.07) is 12.7. The molecule has 8 nitrogen and oxygen atoms in total. The van der Waals surface area contributed by atoms with Gasteiger partial charge in [-0.2, -0.15) is 9.40 Å². The largest absolute Gasteiger partial charge is 0.336 e. The molecule has 3 aromatic heterocycles. The van der Waals surface area contributed by atoms with E-state index >= 15 is 0 Å². The number of benzene rings is 1. The minimum Gasteiger partial charge on any atom is -0.336 e. The molecule has 1 amide bonds. The van der Waals surface area contributed by atoms with Gasteiger partial charge in [-0.1, -0.05) is 24.3 Å². The van der Waals surface area contributed by atoms with Crippen molar-refractivity contribution in [2.24, 2.45) is 7.05 Å². The number of pyridine rings is 1. The number of para-hydroxylation sites is 1. The maximum Gasteiger partial charge on any atom is 0.254 e. The number of thiophene rings is 1. The van der Waals surface area contributed by atoms with E-state index in [2.05, 4.69) is 5.10 Å². The number of fused-ring (bicyclic) bond motifs is 1. The molecule has 0 N–H and O–H groups in total. The minimum atomic E-state index is -3.52. The lowest BCUT2D eigenvalue weighted by Gasteiger charge is -2.34. The Balaban J connectivity index is 1.45. The molecule has 0 aliphatic carbocycles. The van der Waals surface area contributed by atoms with Crippen LogP contribution in [0.25, 0.3) is 22.2 Å². The second-order valence-corrected chi connectivity index (χ2v) is 11.1. The van der Waals surface area contributed by atoms with Crippen LogP contribution in [-0.2, 0) is 17.1 Å². The van der Waals surface area contributed by atoms with E-state index in [1.54, 1.807) is 33.3 Å². The molecule has 33 heavy (non-hydrogen) atoms. The van der Waals surface area contributed by atoms with Crippen LogP contribution in [0.15, 0.2) is 58.3 Å². The minimum absolute atomic E-state index is 0.121. The zero-order valence-corrected chi connectivity index (χ0v) is 19.9. The average molecular weight is 482 g/mol. The molecule has 0 unspecified atom stereocenters. The lowest BCUT2D eigenvalue weighted by Crippen LogP contribution is -2.50. The van der Waals surface area contributed by atoms with E-state index in [0.717, 1.165) is 22.2 Å². The third kappa shape index (κ3) is 3.84. The first-order valence-electron chi connectivity index (χ1n) is 10.6. The van der Waals surface area contributed by atoms with E-state index in [9.17, 15) is 13.2 Å². The second kappa shape index (κ2) is 8.36. The zero-order chi connectivity index (χ0) is 23.2. The van der Waals surface area contributed by atoms with E-state index < -0.39 is 10.0 Å². The number of piperazine rings is 1. The highest BCUT2D eigenvalue weighted by atomic mass is 32.2. The quantitative estimate of drug-likeness (QED) is 0.447. The summed E-state index contributed by atoms with van der Waals surface area (Å²) >= 11 is 1.21. The number of carbonyl (C=O) groups excluding carboxylic acids is 1. The Morgan fingerprint density at radius 2 is 1.82 bits per heavy atom. The summed E-state index contributed by atoms with van der Waals surface area (Å²) in [6.07, 6.45) is 1.76. The van der Waals surface area contributed by atoms with Gasteiger partial charge in [0.05, 0.1) is 23.0 Å². The molecule has 0 bridgehead atoms. The van der Waals surface area contributed by atoms with Gasteiger partial charge in [0, 0.05) is 49.9 Å². The number of aryl methyl sites for hydroxylation is 1. The SMILES string of the molecule is Cc1c(-c2cc(C(=O)N3CCN(S(=O)(=O)c4cccs4)CC3)c3ccccc3n2)cnn1C. The Bertz CT molecular complexity index is 1440. The van der Waals surface area contributed by atoms with Gasteiger partial charge in [-0.3, -0.25) is 9.48 Å². The summed E-state index contributed by atoms with van der Waals surface area (Å²) in [5.74, 6) is -0.121. The number of aromatic nitrogens is 3. The summed E-state index contributed by atoms with van der Waals surface area (Å²) in [7, 11) is -1.65. The third-order valence-electron chi connectivity index (χ3n) is 6.07. The van der Waals surface area contributed by atoms with Gasteiger partial charge in [0.2, 0.25) is 0 Å². The molecule has 4 heterocycles.